The van der Waals surface area contributed by atoms with E-state index in [-0.39, 0.29) is 17.9 Å². The second kappa shape index (κ2) is 12.4. The van der Waals surface area contributed by atoms with Gasteiger partial charge in [0.05, 0.1) is 5.75 Å². The van der Waals surface area contributed by atoms with Gasteiger partial charge < -0.3 is 10.2 Å². The SMILES string of the molecule is CC[C@@H](C)NC(=O)[C@@H](CC)N(Cc1cccc(C)c1)C(=O)CSCc1ccccc1. The molecule has 0 heterocycles. The molecule has 0 bridgehead atoms. The van der Waals surface area contributed by atoms with E-state index in [0.717, 1.165) is 23.3 Å². The minimum atomic E-state index is -0.468. The Morgan fingerprint density at radius 2 is 1.70 bits per heavy atom. The van der Waals surface area contributed by atoms with Crippen LogP contribution in [0.3, 0.4) is 0 Å². The maximum absolute atomic E-state index is 13.2. The summed E-state index contributed by atoms with van der Waals surface area (Å²) in [6, 6.07) is 17.9. The number of benzene rings is 2. The Morgan fingerprint density at radius 3 is 2.33 bits per heavy atom. The monoisotopic (exact) mass is 426 g/mol. The van der Waals surface area contributed by atoms with Crippen LogP contribution in [-0.2, 0) is 21.9 Å². The second-order valence-corrected chi connectivity index (χ2v) is 8.72. The van der Waals surface area contributed by atoms with E-state index in [2.05, 4.69) is 23.5 Å². The predicted molar refractivity (Wildman–Crippen MR) is 126 cm³/mol. The van der Waals surface area contributed by atoms with Gasteiger partial charge in [0.25, 0.3) is 0 Å². The minimum absolute atomic E-state index is 0.00332. The highest BCUT2D eigenvalue weighted by atomic mass is 32.2. The standard InChI is InChI=1S/C25H34N2O2S/c1-5-20(4)26-25(29)23(6-2)27(16-22-14-10-11-19(3)15-22)24(28)18-30-17-21-12-8-7-9-13-21/h7-15,20,23H,5-6,16-18H2,1-4H3,(H,26,29)/t20-,23-/m1/s1. The lowest BCUT2D eigenvalue weighted by molar-refractivity contribution is -0.139. The van der Waals surface area contributed by atoms with Crippen LogP contribution in [0.4, 0.5) is 0 Å². The van der Waals surface area contributed by atoms with Crippen LogP contribution in [0.5, 0.6) is 0 Å². The summed E-state index contributed by atoms with van der Waals surface area (Å²) in [4.78, 5) is 27.9. The number of thioether (sulfide) groups is 1. The third-order valence-electron chi connectivity index (χ3n) is 5.16. The first-order chi connectivity index (χ1) is 14.4. The number of rotatable bonds is 11. The van der Waals surface area contributed by atoms with Gasteiger partial charge in [-0.2, -0.15) is 0 Å². The number of carbonyl (C=O) groups excluding carboxylic acids is 2. The number of hydrogen-bond acceptors (Lipinski definition) is 3. The van der Waals surface area contributed by atoms with Crippen LogP contribution in [0.1, 0.15) is 50.3 Å². The molecule has 5 heteroatoms. The number of nitrogens with one attached hydrogen (secondary N) is 1. The lowest BCUT2D eigenvalue weighted by Gasteiger charge is -2.31. The molecule has 0 fully saturated rings. The summed E-state index contributed by atoms with van der Waals surface area (Å²) >= 11 is 1.59. The summed E-state index contributed by atoms with van der Waals surface area (Å²) < 4.78 is 0. The number of aryl methyl sites for hydroxylation is 1. The van der Waals surface area contributed by atoms with Crippen LogP contribution in [0.2, 0.25) is 0 Å². The predicted octanol–water partition coefficient (Wildman–Crippen LogP) is 4.95. The Morgan fingerprint density at radius 1 is 1.00 bits per heavy atom. The van der Waals surface area contributed by atoms with Gasteiger partial charge in [0.15, 0.2) is 0 Å². The smallest absolute Gasteiger partial charge is 0.243 e. The van der Waals surface area contributed by atoms with Gasteiger partial charge in [-0.15, -0.1) is 11.8 Å². The van der Waals surface area contributed by atoms with Crippen molar-refractivity contribution in [3.05, 3.63) is 71.3 Å². The molecular weight excluding hydrogens is 392 g/mol. The fourth-order valence-electron chi connectivity index (χ4n) is 3.28. The fraction of sp³-hybridized carbons (Fsp3) is 0.440. The van der Waals surface area contributed by atoms with Gasteiger partial charge in [0, 0.05) is 18.3 Å². The van der Waals surface area contributed by atoms with Crippen molar-refractivity contribution < 1.29 is 9.59 Å². The summed E-state index contributed by atoms with van der Waals surface area (Å²) in [6.07, 6.45) is 1.45. The molecule has 0 radical (unpaired) electrons. The van der Waals surface area contributed by atoms with Crippen LogP contribution in [0.25, 0.3) is 0 Å². The molecule has 4 nitrogen and oxygen atoms in total. The molecule has 162 valence electrons. The minimum Gasteiger partial charge on any atom is -0.352 e. The highest BCUT2D eigenvalue weighted by molar-refractivity contribution is 7.99. The Balaban J connectivity index is 2.13. The summed E-state index contributed by atoms with van der Waals surface area (Å²) in [5.41, 5.74) is 3.39. The second-order valence-electron chi connectivity index (χ2n) is 7.73. The number of hydrogen-bond donors (Lipinski definition) is 1. The molecule has 0 spiro atoms. The van der Waals surface area contributed by atoms with Crippen molar-refractivity contribution in [3.63, 3.8) is 0 Å². The molecule has 2 rings (SSSR count). The molecular formula is C25H34N2O2S. The van der Waals surface area contributed by atoms with E-state index in [1.165, 1.54) is 5.56 Å². The lowest BCUT2D eigenvalue weighted by atomic mass is 10.1. The van der Waals surface area contributed by atoms with E-state index >= 15 is 0 Å². The van der Waals surface area contributed by atoms with Gasteiger partial charge in [0.2, 0.25) is 11.8 Å². The molecule has 1 N–H and O–H groups in total. The van der Waals surface area contributed by atoms with E-state index in [0.29, 0.717) is 18.7 Å². The summed E-state index contributed by atoms with van der Waals surface area (Å²) in [6.45, 7) is 8.49. The van der Waals surface area contributed by atoms with Crippen LogP contribution < -0.4 is 5.32 Å². The Kier molecular flexibility index (Phi) is 9.95. The Labute approximate surface area is 185 Å². The van der Waals surface area contributed by atoms with Crippen molar-refractivity contribution in [2.24, 2.45) is 0 Å². The van der Waals surface area contributed by atoms with Crippen molar-refractivity contribution in [1.82, 2.24) is 10.2 Å². The highest BCUT2D eigenvalue weighted by Crippen LogP contribution is 2.18. The average Bonchev–Trinajstić information content (AvgIpc) is 2.74. The molecule has 0 unspecified atom stereocenters. The lowest BCUT2D eigenvalue weighted by Crippen LogP contribution is -2.51. The normalized spacial score (nSPS) is 12.8. The molecule has 0 aliphatic carbocycles. The van der Waals surface area contributed by atoms with Crippen molar-refractivity contribution in [1.29, 1.82) is 0 Å². The Hall–Kier alpha value is -2.27. The van der Waals surface area contributed by atoms with Gasteiger partial charge in [-0.25, -0.2) is 0 Å². The zero-order chi connectivity index (χ0) is 21.9. The molecule has 2 aromatic rings. The first-order valence-electron chi connectivity index (χ1n) is 10.7. The summed E-state index contributed by atoms with van der Waals surface area (Å²) in [5.74, 6) is 1.07. The molecule has 30 heavy (non-hydrogen) atoms. The van der Waals surface area contributed by atoms with E-state index in [9.17, 15) is 9.59 Å². The summed E-state index contributed by atoms with van der Waals surface area (Å²) in [5, 5.41) is 3.06. The first-order valence-corrected chi connectivity index (χ1v) is 11.9. The number of carbonyl (C=O) groups is 2. The number of nitrogens with zero attached hydrogens (tertiary/aromatic N) is 1. The van der Waals surface area contributed by atoms with E-state index in [1.54, 1.807) is 16.7 Å². The molecule has 0 aromatic heterocycles. The van der Waals surface area contributed by atoms with E-state index in [4.69, 9.17) is 0 Å². The zero-order valence-corrected chi connectivity index (χ0v) is 19.4. The molecule has 0 aliphatic heterocycles. The van der Waals surface area contributed by atoms with Gasteiger partial charge in [-0.05, 0) is 37.8 Å². The van der Waals surface area contributed by atoms with Gasteiger partial charge in [0.1, 0.15) is 6.04 Å². The van der Waals surface area contributed by atoms with Crippen molar-refractivity contribution in [2.45, 2.75) is 64.9 Å². The molecule has 0 aliphatic rings. The average molecular weight is 427 g/mol. The first kappa shape index (κ1) is 24.0. The van der Waals surface area contributed by atoms with Crippen LogP contribution >= 0.6 is 11.8 Å². The topological polar surface area (TPSA) is 49.4 Å². The largest absolute Gasteiger partial charge is 0.352 e. The van der Waals surface area contributed by atoms with E-state index in [1.807, 2.05) is 64.1 Å². The summed E-state index contributed by atoms with van der Waals surface area (Å²) in [7, 11) is 0. The molecule has 0 saturated heterocycles. The van der Waals surface area contributed by atoms with Crippen LogP contribution in [0, 0.1) is 6.92 Å². The molecule has 2 amide bonds. The molecule has 2 atom stereocenters. The van der Waals surface area contributed by atoms with Crippen LogP contribution in [0.15, 0.2) is 54.6 Å². The van der Waals surface area contributed by atoms with Gasteiger partial charge in [-0.3, -0.25) is 9.59 Å². The number of amides is 2. The van der Waals surface area contributed by atoms with Crippen molar-refractivity contribution in [3.8, 4) is 0 Å². The van der Waals surface area contributed by atoms with Gasteiger partial charge in [-0.1, -0.05) is 74.0 Å². The van der Waals surface area contributed by atoms with Crippen molar-refractivity contribution in [2.75, 3.05) is 5.75 Å². The maximum Gasteiger partial charge on any atom is 0.243 e. The third kappa shape index (κ3) is 7.52. The molecule has 0 saturated carbocycles. The Bertz CT molecular complexity index is 810. The highest BCUT2D eigenvalue weighted by Gasteiger charge is 2.29. The zero-order valence-electron chi connectivity index (χ0n) is 18.6. The quantitative estimate of drug-likeness (QED) is 0.553. The van der Waals surface area contributed by atoms with E-state index < -0.39 is 6.04 Å². The van der Waals surface area contributed by atoms with Crippen molar-refractivity contribution >= 4 is 23.6 Å². The molecule has 2 aromatic carbocycles. The third-order valence-corrected chi connectivity index (χ3v) is 6.15. The fourth-order valence-corrected chi connectivity index (χ4v) is 4.15. The maximum atomic E-state index is 13.2. The van der Waals surface area contributed by atoms with Crippen LogP contribution in [-0.4, -0.2) is 34.6 Å². The van der Waals surface area contributed by atoms with Gasteiger partial charge >= 0.3 is 0 Å².